The predicted octanol–water partition coefficient (Wildman–Crippen LogP) is 2.56. The third-order valence-corrected chi connectivity index (χ3v) is 4.57. The van der Waals surface area contributed by atoms with Gasteiger partial charge >= 0.3 is 12.0 Å². The maximum Gasteiger partial charge on any atom is 0.323 e. The monoisotopic (exact) mass is 282 g/mol. The van der Waals surface area contributed by atoms with Crippen LogP contribution in [0.25, 0.3) is 0 Å². The fraction of sp³-hybridized carbons (Fsp3) is 0.867. The Hall–Kier alpha value is -1.26. The Balaban J connectivity index is 1.97. The van der Waals surface area contributed by atoms with Gasteiger partial charge in [0.25, 0.3) is 0 Å². The van der Waals surface area contributed by atoms with Gasteiger partial charge in [-0.3, -0.25) is 4.79 Å². The first kappa shape index (κ1) is 15.1. The standard InChI is InChI=1S/C15H26N2O3/c1-2-5-12-8-9-16(10-12)15(20)17(11-14(18)19)13-6-3-4-7-13/h12-13H,2-11H2,1H3,(H,18,19). The third kappa shape index (κ3) is 3.64. The summed E-state index contributed by atoms with van der Waals surface area (Å²) in [5.74, 6) is -0.311. The van der Waals surface area contributed by atoms with Gasteiger partial charge in [0, 0.05) is 19.1 Å². The van der Waals surface area contributed by atoms with E-state index < -0.39 is 5.97 Å². The first-order valence-corrected chi connectivity index (χ1v) is 7.89. The molecule has 1 unspecified atom stereocenters. The smallest absolute Gasteiger partial charge is 0.323 e. The van der Waals surface area contributed by atoms with Gasteiger partial charge in [0.15, 0.2) is 0 Å². The molecule has 1 heterocycles. The Bertz CT molecular complexity index is 353. The number of carbonyl (C=O) groups is 2. The number of aliphatic carboxylic acids is 1. The zero-order valence-electron chi connectivity index (χ0n) is 12.4. The van der Waals surface area contributed by atoms with Gasteiger partial charge in [-0.05, 0) is 31.6 Å². The molecule has 0 aromatic carbocycles. The van der Waals surface area contributed by atoms with Crippen LogP contribution in [0.5, 0.6) is 0 Å². The van der Waals surface area contributed by atoms with E-state index in [9.17, 15) is 9.59 Å². The first-order chi connectivity index (χ1) is 9.61. The Kier molecular flexibility index (Phi) is 5.26. The number of hydrogen-bond acceptors (Lipinski definition) is 2. The minimum Gasteiger partial charge on any atom is -0.480 e. The molecule has 0 aromatic heterocycles. The van der Waals surface area contributed by atoms with Gasteiger partial charge in [0.1, 0.15) is 6.54 Å². The van der Waals surface area contributed by atoms with E-state index in [2.05, 4.69) is 6.92 Å². The van der Waals surface area contributed by atoms with Gasteiger partial charge in [-0.15, -0.1) is 0 Å². The first-order valence-electron chi connectivity index (χ1n) is 7.89. The van der Waals surface area contributed by atoms with E-state index in [0.717, 1.165) is 58.0 Å². The van der Waals surface area contributed by atoms with E-state index in [1.807, 2.05) is 4.90 Å². The van der Waals surface area contributed by atoms with Gasteiger partial charge in [0.05, 0.1) is 0 Å². The van der Waals surface area contributed by atoms with Crippen LogP contribution < -0.4 is 0 Å². The summed E-state index contributed by atoms with van der Waals surface area (Å²) < 4.78 is 0. The molecule has 0 spiro atoms. The van der Waals surface area contributed by atoms with E-state index in [1.54, 1.807) is 4.90 Å². The second-order valence-electron chi connectivity index (χ2n) is 6.13. The number of hydrogen-bond donors (Lipinski definition) is 1. The number of nitrogens with zero attached hydrogens (tertiary/aromatic N) is 2. The normalized spacial score (nSPS) is 23.2. The van der Waals surface area contributed by atoms with Crippen LogP contribution >= 0.6 is 0 Å². The molecule has 2 rings (SSSR count). The van der Waals surface area contributed by atoms with Crippen molar-refractivity contribution in [1.29, 1.82) is 0 Å². The molecule has 1 N–H and O–H groups in total. The number of urea groups is 1. The number of amides is 2. The highest BCUT2D eigenvalue weighted by Gasteiger charge is 2.34. The van der Waals surface area contributed by atoms with E-state index in [4.69, 9.17) is 5.11 Å². The van der Waals surface area contributed by atoms with Crippen LogP contribution in [0.15, 0.2) is 0 Å². The Morgan fingerprint density at radius 1 is 1.25 bits per heavy atom. The summed E-state index contributed by atoms with van der Waals surface area (Å²) in [6.07, 6.45) is 7.47. The minimum atomic E-state index is -0.908. The van der Waals surface area contributed by atoms with Crippen LogP contribution in [0, 0.1) is 5.92 Å². The van der Waals surface area contributed by atoms with Crippen molar-refractivity contribution in [2.24, 2.45) is 5.92 Å². The molecule has 1 saturated carbocycles. The molecular weight excluding hydrogens is 256 g/mol. The van der Waals surface area contributed by atoms with Crippen molar-refractivity contribution in [3.63, 3.8) is 0 Å². The van der Waals surface area contributed by atoms with Crippen molar-refractivity contribution < 1.29 is 14.7 Å². The molecule has 5 heteroatoms. The number of likely N-dealkylation sites (tertiary alicyclic amines) is 1. The van der Waals surface area contributed by atoms with E-state index >= 15 is 0 Å². The van der Waals surface area contributed by atoms with Crippen LogP contribution in [0.4, 0.5) is 4.79 Å². The molecule has 0 aromatic rings. The lowest BCUT2D eigenvalue weighted by Gasteiger charge is -2.31. The Morgan fingerprint density at radius 2 is 1.95 bits per heavy atom. The third-order valence-electron chi connectivity index (χ3n) is 4.57. The lowest BCUT2D eigenvalue weighted by Crippen LogP contribution is -2.48. The summed E-state index contributed by atoms with van der Waals surface area (Å²) in [5.41, 5.74) is 0. The molecule has 114 valence electrons. The maximum absolute atomic E-state index is 12.6. The predicted molar refractivity (Wildman–Crippen MR) is 76.6 cm³/mol. The van der Waals surface area contributed by atoms with Crippen LogP contribution in [-0.4, -0.2) is 52.6 Å². The second kappa shape index (κ2) is 6.95. The van der Waals surface area contributed by atoms with Crippen LogP contribution in [-0.2, 0) is 4.79 Å². The lowest BCUT2D eigenvalue weighted by atomic mass is 10.0. The zero-order valence-corrected chi connectivity index (χ0v) is 12.4. The van der Waals surface area contributed by atoms with E-state index in [0.29, 0.717) is 5.92 Å². The Labute approximate surface area is 120 Å². The fourth-order valence-corrected chi connectivity index (χ4v) is 3.55. The molecule has 20 heavy (non-hydrogen) atoms. The highest BCUT2D eigenvalue weighted by atomic mass is 16.4. The van der Waals surface area contributed by atoms with Crippen molar-refractivity contribution in [1.82, 2.24) is 9.80 Å². The average Bonchev–Trinajstić information content (AvgIpc) is 3.06. The molecule has 1 aliphatic heterocycles. The fourth-order valence-electron chi connectivity index (χ4n) is 3.55. The summed E-state index contributed by atoms with van der Waals surface area (Å²) >= 11 is 0. The van der Waals surface area contributed by atoms with E-state index in [1.165, 1.54) is 0 Å². The number of rotatable bonds is 5. The van der Waals surface area contributed by atoms with E-state index in [-0.39, 0.29) is 18.6 Å². The van der Waals surface area contributed by atoms with Gasteiger partial charge in [-0.1, -0.05) is 26.2 Å². The maximum atomic E-state index is 12.6. The molecule has 2 amide bonds. The van der Waals surface area contributed by atoms with Gasteiger partial charge in [-0.25, -0.2) is 4.79 Å². The van der Waals surface area contributed by atoms with Crippen molar-refractivity contribution in [2.75, 3.05) is 19.6 Å². The number of carboxylic acid groups (broad SMARTS) is 1. The van der Waals surface area contributed by atoms with Crippen LogP contribution in [0.2, 0.25) is 0 Å². The lowest BCUT2D eigenvalue weighted by molar-refractivity contribution is -0.138. The summed E-state index contributed by atoms with van der Waals surface area (Å²) in [4.78, 5) is 27.1. The highest BCUT2D eigenvalue weighted by molar-refractivity contribution is 5.80. The molecule has 5 nitrogen and oxygen atoms in total. The van der Waals surface area contributed by atoms with Gasteiger partial charge in [-0.2, -0.15) is 0 Å². The molecule has 1 saturated heterocycles. The number of carboxylic acids is 1. The molecule has 0 radical (unpaired) electrons. The minimum absolute atomic E-state index is 0.0575. The largest absolute Gasteiger partial charge is 0.480 e. The molecular formula is C15H26N2O3. The number of carbonyl (C=O) groups excluding carboxylic acids is 1. The molecule has 2 aliphatic rings. The van der Waals surface area contributed by atoms with Crippen molar-refractivity contribution >= 4 is 12.0 Å². The second-order valence-corrected chi connectivity index (χ2v) is 6.13. The average molecular weight is 282 g/mol. The molecule has 0 bridgehead atoms. The van der Waals surface area contributed by atoms with Crippen molar-refractivity contribution in [3.8, 4) is 0 Å². The van der Waals surface area contributed by atoms with Crippen molar-refractivity contribution in [2.45, 2.75) is 57.9 Å². The van der Waals surface area contributed by atoms with Gasteiger partial charge in [0.2, 0.25) is 0 Å². The quantitative estimate of drug-likeness (QED) is 0.843. The molecule has 1 aliphatic carbocycles. The topological polar surface area (TPSA) is 60.9 Å². The summed E-state index contributed by atoms with van der Waals surface area (Å²) in [5, 5.41) is 9.06. The summed E-state index contributed by atoms with van der Waals surface area (Å²) in [6.45, 7) is 3.60. The summed E-state index contributed by atoms with van der Waals surface area (Å²) in [7, 11) is 0. The SMILES string of the molecule is CCCC1CCN(C(=O)N(CC(=O)O)C2CCCC2)C1. The summed E-state index contributed by atoms with van der Waals surface area (Å²) in [6, 6.07) is 0.0710. The molecule has 2 fully saturated rings. The van der Waals surface area contributed by atoms with Crippen LogP contribution in [0.3, 0.4) is 0 Å². The highest BCUT2D eigenvalue weighted by Crippen LogP contribution is 2.27. The molecule has 1 atom stereocenters. The van der Waals surface area contributed by atoms with Crippen molar-refractivity contribution in [3.05, 3.63) is 0 Å². The Morgan fingerprint density at radius 3 is 2.55 bits per heavy atom. The van der Waals surface area contributed by atoms with Crippen LogP contribution in [0.1, 0.15) is 51.9 Å². The van der Waals surface area contributed by atoms with Gasteiger partial charge < -0.3 is 14.9 Å². The zero-order chi connectivity index (χ0) is 14.5.